The Morgan fingerprint density at radius 1 is 0.327 bits per heavy atom. The summed E-state index contributed by atoms with van der Waals surface area (Å²) in [4.78, 5) is 2.40. The molecule has 0 radical (unpaired) electrons. The fourth-order valence-corrected chi connectivity index (χ4v) is 9.87. The molecule has 256 valence electrons. The molecule has 1 atom stereocenters. The SMILES string of the molecule is c1ccc(-c2ccc3c4c(cccc24)C2(c4ccccc4-c4ccc(N(c5ccccc5)c5ccc6oc7ccccc7c6c5)cc42)c2ccccc2-3)cc1. The van der Waals surface area contributed by atoms with E-state index in [1.54, 1.807) is 0 Å². The molecule has 10 aromatic rings. The van der Waals surface area contributed by atoms with Crippen molar-refractivity contribution in [2.45, 2.75) is 5.41 Å². The van der Waals surface area contributed by atoms with Crippen LogP contribution in [0.15, 0.2) is 205 Å². The summed E-state index contributed by atoms with van der Waals surface area (Å²) in [7, 11) is 0. The molecule has 0 N–H and O–H groups in total. The second kappa shape index (κ2) is 11.4. The fourth-order valence-electron chi connectivity index (χ4n) is 9.87. The van der Waals surface area contributed by atoms with Crippen LogP contribution in [0, 0.1) is 0 Å². The van der Waals surface area contributed by atoms with Gasteiger partial charge in [-0.25, -0.2) is 0 Å². The van der Waals surface area contributed by atoms with E-state index in [0.717, 1.165) is 39.0 Å². The lowest BCUT2D eigenvalue weighted by Crippen LogP contribution is -2.32. The summed E-state index contributed by atoms with van der Waals surface area (Å²) in [6.07, 6.45) is 0. The van der Waals surface area contributed by atoms with Crippen molar-refractivity contribution >= 4 is 49.8 Å². The standard InChI is InChI=1S/C53H33NO/c1-3-14-34(15-4-1)38-29-30-44-40-19-8-11-23-47(40)53(48-24-13-21-43(38)52(44)48)46-22-10-7-18-39(46)41-28-26-37(33-49(41)53)54(35-16-5-2-6-17-35)36-27-31-51-45(32-36)42-20-9-12-25-50(42)55-51/h1-33H. The normalized spacial score (nSPS) is 15.0. The van der Waals surface area contributed by atoms with Gasteiger partial charge in [-0.15, -0.1) is 0 Å². The molecule has 0 amide bonds. The number of nitrogens with zero attached hydrogens (tertiary/aromatic N) is 1. The monoisotopic (exact) mass is 699 g/mol. The Balaban J connectivity index is 1.17. The van der Waals surface area contributed by atoms with E-state index in [-0.39, 0.29) is 0 Å². The number of hydrogen-bond acceptors (Lipinski definition) is 2. The smallest absolute Gasteiger partial charge is 0.135 e. The van der Waals surface area contributed by atoms with Gasteiger partial charge in [-0.3, -0.25) is 0 Å². The first-order chi connectivity index (χ1) is 27.3. The lowest BCUT2D eigenvalue weighted by molar-refractivity contribution is 0.669. The number of anilines is 3. The molecule has 2 aliphatic rings. The lowest BCUT2D eigenvalue weighted by atomic mass is 9.61. The zero-order chi connectivity index (χ0) is 36.1. The molecule has 2 aliphatic carbocycles. The molecule has 0 saturated carbocycles. The maximum absolute atomic E-state index is 6.28. The number of benzene rings is 9. The van der Waals surface area contributed by atoms with Gasteiger partial charge < -0.3 is 9.32 Å². The average molecular weight is 700 g/mol. The predicted octanol–water partition coefficient (Wildman–Crippen LogP) is 14.2. The van der Waals surface area contributed by atoms with Crippen molar-refractivity contribution in [1.29, 1.82) is 0 Å². The zero-order valence-electron chi connectivity index (χ0n) is 29.9. The van der Waals surface area contributed by atoms with Gasteiger partial charge in [0.15, 0.2) is 0 Å². The Hall–Kier alpha value is -7.16. The molecule has 55 heavy (non-hydrogen) atoms. The van der Waals surface area contributed by atoms with Crippen LogP contribution in [0.3, 0.4) is 0 Å². The third kappa shape index (κ3) is 4.14. The quantitative estimate of drug-likeness (QED) is 0.182. The van der Waals surface area contributed by atoms with Crippen LogP contribution in [-0.2, 0) is 5.41 Å². The summed E-state index contributed by atoms with van der Waals surface area (Å²) >= 11 is 0. The van der Waals surface area contributed by atoms with Gasteiger partial charge in [-0.2, -0.15) is 0 Å². The maximum atomic E-state index is 6.28. The first-order valence-electron chi connectivity index (χ1n) is 19.0. The van der Waals surface area contributed by atoms with Crippen LogP contribution >= 0.6 is 0 Å². The van der Waals surface area contributed by atoms with Crippen molar-refractivity contribution in [1.82, 2.24) is 0 Å². The number of fused-ring (bicyclic) bond motifs is 12. The van der Waals surface area contributed by atoms with Crippen LogP contribution in [0.2, 0.25) is 0 Å². The van der Waals surface area contributed by atoms with Crippen molar-refractivity contribution in [3.63, 3.8) is 0 Å². The Morgan fingerprint density at radius 3 is 1.71 bits per heavy atom. The molecule has 1 aromatic heterocycles. The third-order valence-corrected chi connectivity index (χ3v) is 12.1. The molecule has 2 nitrogen and oxygen atoms in total. The summed E-state index contributed by atoms with van der Waals surface area (Å²) in [6, 6.07) is 73.4. The van der Waals surface area contributed by atoms with Crippen LogP contribution in [-0.4, -0.2) is 0 Å². The summed E-state index contributed by atoms with van der Waals surface area (Å²) in [5.41, 5.74) is 17.5. The van der Waals surface area contributed by atoms with Gasteiger partial charge in [0.25, 0.3) is 0 Å². The lowest BCUT2D eigenvalue weighted by Gasteiger charge is -2.40. The predicted molar refractivity (Wildman–Crippen MR) is 228 cm³/mol. The molecular formula is C53H33NO. The molecule has 12 rings (SSSR count). The second-order valence-electron chi connectivity index (χ2n) is 14.8. The first kappa shape index (κ1) is 30.3. The van der Waals surface area contributed by atoms with Crippen LogP contribution in [0.4, 0.5) is 17.1 Å². The van der Waals surface area contributed by atoms with Crippen molar-refractivity contribution in [2.75, 3.05) is 4.90 Å². The largest absolute Gasteiger partial charge is 0.456 e. The molecule has 0 saturated heterocycles. The van der Waals surface area contributed by atoms with E-state index in [1.165, 1.54) is 66.4 Å². The van der Waals surface area contributed by atoms with E-state index in [9.17, 15) is 0 Å². The highest BCUT2D eigenvalue weighted by Gasteiger charge is 2.50. The number of hydrogen-bond donors (Lipinski definition) is 0. The summed E-state index contributed by atoms with van der Waals surface area (Å²) in [5, 5.41) is 4.84. The molecule has 1 unspecified atom stereocenters. The Bertz CT molecular complexity index is 3160. The van der Waals surface area contributed by atoms with Crippen LogP contribution in [0.5, 0.6) is 0 Å². The van der Waals surface area contributed by atoms with Crippen LogP contribution in [0.25, 0.3) is 66.1 Å². The van der Waals surface area contributed by atoms with E-state index in [0.29, 0.717) is 0 Å². The van der Waals surface area contributed by atoms with Gasteiger partial charge in [0.05, 0.1) is 5.41 Å². The number of furan rings is 1. The summed E-state index contributed by atoms with van der Waals surface area (Å²) in [6.45, 7) is 0. The van der Waals surface area contributed by atoms with Crippen molar-refractivity contribution in [3.8, 4) is 33.4 Å². The molecule has 9 aromatic carbocycles. The van der Waals surface area contributed by atoms with Gasteiger partial charge >= 0.3 is 0 Å². The Morgan fingerprint density at radius 2 is 0.891 bits per heavy atom. The van der Waals surface area contributed by atoms with Crippen LogP contribution in [0.1, 0.15) is 22.3 Å². The Kier molecular flexibility index (Phi) is 6.29. The highest BCUT2D eigenvalue weighted by atomic mass is 16.3. The minimum absolute atomic E-state index is 0.534. The first-order valence-corrected chi connectivity index (χ1v) is 19.0. The van der Waals surface area contributed by atoms with E-state index in [2.05, 4.69) is 193 Å². The minimum atomic E-state index is -0.534. The summed E-state index contributed by atoms with van der Waals surface area (Å²) in [5.74, 6) is 0. The van der Waals surface area contributed by atoms with Crippen molar-refractivity contribution < 1.29 is 4.42 Å². The number of rotatable bonds is 4. The van der Waals surface area contributed by atoms with E-state index < -0.39 is 5.41 Å². The molecule has 0 fully saturated rings. The number of para-hydroxylation sites is 2. The molecule has 1 heterocycles. The topological polar surface area (TPSA) is 16.4 Å². The van der Waals surface area contributed by atoms with E-state index in [4.69, 9.17) is 4.42 Å². The van der Waals surface area contributed by atoms with Gasteiger partial charge in [-0.05, 0) is 115 Å². The van der Waals surface area contributed by atoms with E-state index >= 15 is 0 Å². The highest BCUT2D eigenvalue weighted by Crippen LogP contribution is 2.63. The fraction of sp³-hybridized carbons (Fsp3) is 0.0189. The third-order valence-electron chi connectivity index (χ3n) is 12.1. The van der Waals surface area contributed by atoms with Crippen molar-refractivity contribution in [3.05, 3.63) is 222 Å². The van der Waals surface area contributed by atoms with E-state index in [1.807, 2.05) is 12.1 Å². The van der Waals surface area contributed by atoms with Gasteiger partial charge in [-0.1, -0.05) is 152 Å². The van der Waals surface area contributed by atoms with Gasteiger partial charge in [0.2, 0.25) is 0 Å². The van der Waals surface area contributed by atoms with Crippen LogP contribution < -0.4 is 4.90 Å². The Labute approximate surface area is 319 Å². The molecule has 1 spiro atoms. The maximum Gasteiger partial charge on any atom is 0.135 e. The molecule has 2 heteroatoms. The highest BCUT2D eigenvalue weighted by molar-refractivity contribution is 6.12. The van der Waals surface area contributed by atoms with Gasteiger partial charge in [0, 0.05) is 27.8 Å². The second-order valence-corrected chi connectivity index (χ2v) is 14.8. The van der Waals surface area contributed by atoms with Gasteiger partial charge in [0.1, 0.15) is 11.2 Å². The zero-order valence-corrected chi connectivity index (χ0v) is 29.9. The average Bonchev–Trinajstić information content (AvgIpc) is 3.77. The minimum Gasteiger partial charge on any atom is -0.456 e. The molecule has 0 bridgehead atoms. The molecular weight excluding hydrogens is 667 g/mol. The van der Waals surface area contributed by atoms with Crippen molar-refractivity contribution in [2.24, 2.45) is 0 Å². The molecule has 0 aliphatic heterocycles. The summed E-state index contributed by atoms with van der Waals surface area (Å²) < 4.78 is 6.28.